The van der Waals surface area contributed by atoms with Crippen LogP contribution in [0.1, 0.15) is 18.0 Å². The van der Waals surface area contributed by atoms with Crippen molar-refractivity contribution in [2.75, 3.05) is 13.1 Å². The third-order valence-electron chi connectivity index (χ3n) is 3.12. The quantitative estimate of drug-likeness (QED) is 0.763. The molecule has 0 bridgehead atoms. The summed E-state index contributed by atoms with van der Waals surface area (Å²) in [5.41, 5.74) is 2.35. The molecule has 1 aliphatic rings. The molecule has 3 rings (SSSR count). The molecule has 1 aliphatic heterocycles. The van der Waals surface area contributed by atoms with E-state index in [1.807, 2.05) is 6.20 Å². The van der Waals surface area contributed by atoms with E-state index < -0.39 is 0 Å². The molecule has 2 aromatic heterocycles. The van der Waals surface area contributed by atoms with Crippen molar-refractivity contribution < 1.29 is 0 Å². The molecule has 0 radical (unpaired) electrons. The summed E-state index contributed by atoms with van der Waals surface area (Å²) in [6.45, 7) is 4.27. The van der Waals surface area contributed by atoms with E-state index in [1.165, 1.54) is 17.4 Å². The second-order valence-corrected chi connectivity index (χ2v) is 4.30. The monoisotopic (exact) mass is 201 g/mol. The zero-order valence-electron chi connectivity index (χ0n) is 8.90. The van der Waals surface area contributed by atoms with Gasteiger partial charge < -0.3 is 9.88 Å². The molecule has 1 saturated heterocycles. The molecular formula is C12H15N3. The lowest BCUT2D eigenvalue weighted by Crippen LogP contribution is -2.12. The minimum absolute atomic E-state index is 0.581. The molecule has 0 aromatic carbocycles. The summed E-state index contributed by atoms with van der Waals surface area (Å²) in [7, 11) is 0. The first-order valence-electron chi connectivity index (χ1n) is 5.48. The van der Waals surface area contributed by atoms with E-state index in [1.54, 1.807) is 0 Å². The van der Waals surface area contributed by atoms with Gasteiger partial charge in [-0.15, -0.1) is 0 Å². The Morgan fingerprint density at radius 1 is 1.53 bits per heavy atom. The van der Waals surface area contributed by atoms with Crippen LogP contribution in [0.5, 0.6) is 0 Å². The van der Waals surface area contributed by atoms with Crippen LogP contribution in [-0.4, -0.2) is 22.6 Å². The Labute approximate surface area is 89.1 Å². The highest BCUT2D eigenvalue weighted by Crippen LogP contribution is 2.22. The third kappa shape index (κ3) is 1.43. The van der Waals surface area contributed by atoms with Crippen molar-refractivity contribution in [1.82, 2.24) is 14.9 Å². The van der Waals surface area contributed by atoms with Crippen LogP contribution in [-0.2, 0) is 0 Å². The van der Waals surface area contributed by atoms with Gasteiger partial charge in [-0.05, 0) is 37.6 Å². The van der Waals surface area contributed by atoms with E-state index in [4.69, 9.17) is 0 Å². The Morgan fingerprint density at radius 2 is 2.47 bits per heavy atom. The minimum atomic E-state index is 0.581. The molecule has 0 amide bonds. The summed E-state index contributed by atoms with van der Waals surface area (Å²) in [6, 6.07) is 4.94. The van der Waals surface area contributed by atoms with Crippen molar-refractivity contribution in [3.63, 3.8) is 0 Å². The average Bonchev–Trinajstić information content (AvgIpc) is 2.82. The third-order valence-corrected chi connectivity index (χ3v) is 3.12. The number of hydrogen-bond donors (Lipinski definition) is 1. The Hall–Kier alpha value is -1.35. The van der Waals surface area contributed by atoms with Crippen molar-refractivity contribution in [2.24, 2.45) is 0 Å². The minimum Gasteiger partial charge on any atom is -0.328 e. The van der Waals surface area contributed by atoms with Crippen LogP contribution in [0.25, 0.3) is 11.0 Å². The molecule has 3 heteroatoms. The topological polar surface area (TPSA) is 29.9 Å². The van der Waals surface area contributed by atoms with Crippen molar-refractivity contribution >= 4 is 11.0 Å². The summed E-state index contributed by atoms with van der Waals surface area (Å²) in [6.07, 6.45) is 5.31. The fourth-order valence-corrected chi connectivity index (χ4v) is 2.33. The van der Waals surface area contributed by atoms with Crippen LogP contribution in [0.3, 0.4) is 0 Å². The molecule has 1 atom stereocenters. The highest BCUT2D eigenvalue weighted by atomic mass is 15.1. The summed E-state index contributed by atoms with van der Waals surface area (Å²) in [4.78, 5) is 4.52. The molecule has 3 nitrogen and oxygen atoms in total. The van der Waals surface area contributed by atoms with Crippen LogP contribution in [0.15, 0.2) is 24.5 Å². The van der Waals surface area contributed by atoms with Crippen LogP contribution in [0.2, 0.25) is 0 Å². The number of nitrogens with zero attached hydrogens (tertiary/aromatic N) is 2. The van der Waals surface area contributed by atoms with Gasteiger partial charge in [-0.1, -0.05) is 0 Å². The van der Waals surface area contributed by atoms with Gasteiger partial charge in [-0.25, -0.2) is 4.98 Å². The lowest BCUT2D eigenvalue weighted by Gasteiger charge is -2.11. The molecule has 78 valence electrons. The number of fused-ring (bicyclic) bond motifs is 1. The van der Waals surface area contributed by atoms with Gasteiger partial charge in [0.2, 0.25) is 0 Å². The first kappa shape index (κ1) is 8.92. The second-order valence-electron chi connectivity index (χ2n) is 4.30. The number of rotatable bonds is 1. The summed E-state index contributed by atoms with van der Waals surface area (Å²) in [5.74, 6) is 0. The second kappa shape index (κ2) is 3.35. The van der Waals surface area contributed by atoms with Gasteiger partial charge in [0.1, 0.15) is 5.65 Å². The molecule has 0 spiro atoms. The van der Waals surface area contributed by atoms with E-state index >= 15 is 0 Å². The van der Waals surface area contributed by atoms with E-state index in [9.17, 15) is 0 Å². The first-order valence-corrected chi connectivity index (χ1v) is 5.48. The summed E-state index contributed by atoms with van der Waals surface area (Å²) >= 11 is 0. The summed E-state index contributed by atoms with van der Waals surface area (Å²) in [5, 5.41) is 4.64. The molecule has 1 fully saturated rings. The van der Waals surface area contributed by atoms with Gasteiger partial charge in [-0.3, -0.25) is 0 Å². The standard InChI is InChI=1S/C12H15N3/c1-9-6-10-3-5-15(12(10)14-7-9)11-2-4-13-8-11/h3,5-7,11,13H,2,4,8H2,1H3/t11-/m0/s1. The fraction of sp³-hybridized carbons (Fsp3) is 0.417. The molecule has 2 aromatic rings. The Bertz CT molecular complexity index is 481. The Balaban J connectivity index is 2.11. The predicted molar refractivity (Wildman–Crippen MR) is 61.0 cm³/mol. The highest BCUT2D eigenvalue weighted by Gasteiger charge is 2.17. The molecule has 0 saturated carbocycles. The molecule has 0 aliphatic carbocycles. The smallest absolute Gasteiger partial charge is 0.140 e. The number of hydrogen-bond acceptors (Lipinski definition) is 2. The Morgan fingerprint density at radius 3 is 3.27 bits per heavy atom. The number of nitrogens with one attached hydrogen (secondary N) is 1. The lowest BCUT2D eigenvalue weighted by atomic mass is 10.2. The molecule has 3 heterocycles. The van der Waals surface area contributed by atoms with E-state index in [0.29, 0.717) is 6.04 Å². The van der Waals surface area contributed by atoms with Crippen molar-refractivity contribution in [3.05, 3.63) is 30.1 Å². The van der Waals surface area contributed by atoms with E-state index in [2.05, 4.69) is 40.1 Å². The van der Waals surface area contributed by atoms with Crippen LogP contribution >= 0.6 is 0 Å². The lowest BCUT2D eigenvalue weighted by molar-refractivity contribution is 0.562. The SMILES string of the molecule is Cc1cnc2c(ccn2[C@H]2CCNC2)c1. The van der Waals surface area contributed by atoms with Gasteiger partial charge in [0.05, 0.1) is 0 Å². The molecule has 1 N–H and O–H groups in total. The van der Waals surface area contributed by atoms with Gasteiger partial charge in [0, 0.05) is 30.4 Å². The molecule has 0 unspecified atom stereocenters. The fourth-order valence-electron chi connectivity index (χ4n) is 2.33. The van der Waals surface area contributed by atoms with Gasteiger partial charge in [-0.2, -0.15) is 0 Å². The van der Waals surface area contributed by atoms with Crippen LogP contribution < -0.4 is 5.32 Å². The van der Waals surface area contributed by atoms with Crippen molar-refractivity contribution in [1.29, 1.82) is 0 Å². The van der Waals surface area contributed by atoms with E-state index in [0.717, 1.165) is 18.7 Å². The van der Waals surface area contributed by atoms with Gasteiger partial charge in [0.15, 0.2) is 0 Å². The maximum atomic E-state index is 4.52. The summed E-state index contributed by atoms with van der Waals surface area (Å²) < 4.78 is 2.30. The number of pyridine rings is 1. The largest absolute Gasteiger partial charge is 0.328 e. The average molecular weight is 201 g/mol. The number of aromatic nitrogens is 2. The van der Waals surface area contributed by atoms with Gasteiger partial charge in [0.25, 0.3) is 0 Å². The normalized spacial score (nSPS) is 21.3. The first-order chi connectivity index (χ1) is 7.34. The molecule has 15 heavy (non-hydrogen) atoms. The maximum Gasteiger partial charge on any atom is 0.140 e. The highest BCUT2D eigenvalue weighted by molar-refractivity contribution is 5.76. The maximum absolute atomic E-state index is 4.52. The number of aryl methyl sites for hydroxylation is 1. The van der Waals surface area contributed by atoms with Crippen LogP contribution in [0, 0.1) is 6.92 Å². The zero-order valence-corrected chi connectivity index (χ0v) is 8.90. The van der Waals surface area contributed by atoms with Gasteiger partial charge >= 0.3 is 0 Å². The predicted octanol–water partition coefficient (Wildman–Crippen LogP) is 1.88. The van der Waals surface area contributed by atoms with Crippen molar-refractivity contribution in [3.8, 4) is 0 Å². The molecular weight excluding hydrogens is 186 g/mol. The van der Waals surface area contributed by atoms with E-state index in [-0.39, 0.29) is 0 Å². The zero-order chi connectivity index (χ0) is 10.3. The van der Waals surface area contributed by atoms with Crippen molar-refractivity contribution in [2.45, 2.75) is 19.4 Å². The Kier molecular flexibility index (Phi) is 1.99. The van der Waals surface area contributed by atoms with Crippen LogP contribution in [0.4, 0.5) is 0 Å².